The Morgan fingerprint density at radius 3 is 2.88 bits per heavy atom. The van der Waals surface area contributed by atoms with Crippen molar-refractivity contribution in [3.05, 3.63) is 61.1 Å². The van der Waals surface area contributed by atoms with Crippen LogP contribution in [-0.2, 0) is 4.79 Å². The van der Waals surface area contributed by atoms with Crippen molar-refractivity contribution >= 4 is 50.8 Å². The van der Waals surface area contributed by atoms with Gasteiger partial charge in [0.05, 0.1) is 28.7 Å². The standard InChI is InChI=1S/C18H10N4O3S/c23-17-15-12(7-14(26-15)16-20-5-6-25-16)21-18(24)22(17)13-9-19-8-10-3-1-2-4-11(10)13/h1-9,15H. The normalized spacial score (nSPS) is 19.5. The monoisotopic (exact) mass is 362 g/mol. The summed E-state index contributed by atoms with van der Waals surface area (Å²) in [4.78, 5) is 39.8. The van der Waals surface area contributed by atoms with Crippen LogP contribution in [0.5, 0.6) is 0 Å². The molecular weight excluding hydrogens is 352 g/mol. The van der Waals surface area contributed by atoms with E-state index in [1.165, 1.54) is 30.4 Å². The van der Waals surface area contributed by atoms with Crippen molar-refractivity contribution in [3.63, 3.8) is 0 Å². The Labute approximate surface area is 151 Å². The summed E-state index contributed by atoms with van der Waals surface area (Å²) < 4.78 is 5.28. The van der Waals surface area contributed by atoms with E-state index in [4.69, 9.17) is 4.42 Å². The molecule has 5 rings (SSSR count). The number of carbonyl (C=O) groups excluding carboxylic acids is 2. The maximum atomic E-state index is 13.1. The molecular formula is C18H10N4O3S. The Hall–Kier alpha value is -3.26. The van der Waals surface area contributed by atoms with Crippen LogP contribution in [-0.4, -0.2) is 32.9 Å². The molecule has 1 atom stereocenters. The van der Waals surface area contributed by atoms with E-state index in [-0.39, 0.29) is 5.91 Å². The van der Waals surface area contributed by atoms with Gasteiger partial charge in [0.2, 0.25) is 5.89 Å². The number of carbonyl (C=O) groups is 2. The number of amides is 3. The SMILES string of the molecule is O=C1N=C2C=C(c3ncco3)SC2C(=O)N1c1cncc2ccccc12. The number of allylic oxidation sites excluding steroid dienone is 1. The van der Waals surface area contributed by atoms with E-state index >= 15 is 0 Å². The highest BCUT2D eigenvalue weighted by atomic mass is 32.2. The van der Waals surface area contributed by atoms with Crippen LogP contribution < -0.4 is 4.90 Å². The molecule has 3 aromatic rings. The number of nitrogens with zero attached hydrogens (tertiary/aromatic N) is 4. The summed E-state index contributed by atoms with van der Waals surface area (Å²) in [7, 11) is 0. The van der Waals surface area contributed by atoms with Crippen LogP contribution in [0.2, 0.25) is 0 Å². The highest BCUT2D eigenvalue weighted by Crippen LogP contribution is 2.41. The average molecular weight is 362 g/mol. The van der Waals surface area contributed by atoms with Crippen molar-refractivity contribution in [2.75, 3.05) is 4.90 Å². The Bertz CT molecular complexity index is 1120. The third-order valence-corrected chi connectivity index (χ3v) is 5.41. The first-order chi connectivity index (χ1) is 12.7. The molecule has 8 heteroatoms. The maximum absolute atomic E-state index is 13.1. The predicted octanol–water partition coefficient (Wildman–Crippen LogP) is 3.29. The average Bonchev–Trinajstić information content (AvgIpc) is 3.31. The van der Waals surface area contributed by atoms with Gasteiger partial charge in [-0.1, -0.05) is 24.3 Å². The Morgan fingerprint density at radius 2 is 2.04 bits per heavy atom. The van der Waals surface area contributed by atoms with Gasteiger partial charge in [-0.2, -0.15) is 4.99 Å². The number of imide groups is 1. The molecule has 2 aliphatic heterocycles. The highest BCUT2D eigenvalue weighted by molar-refractivity contribution is 8.10. The van der Waals surface area contributed by atoms with Crippen LogP contribution in [0.15, 0.2) is 64.6 Å². The number of oxazole rings is 1. The van der Waals surface area contributed by atoms with Gasteiger partial charge in [-0.15, -0.1) is 11.8 Å². The fourth-order valence-corrected chi connectivity index (χ4v) is 4.12. The van der Waals surface area contributed by atoms with E-state index in [9.17, 15) is 9.59 Å². The molecule has 1 unspecified atom stereocenters. The number of fused-ring (bicyclic) bond motifs is 2. The molecule has 26 heavy (non-hydrogen) atoms. The quantitative estimate of drug-likeness (QED) is 0.695. The smallest absolute Gasteiger partial charge is 0.355 e. The number of hydrogen-bond donors (Lipinski definition) is 0. The maximum Gasteiger partial charge on any atom is 0.355 e. The molecule has 0 bridgehead atoms. The van der Waals surface area contributed by atoms with Gasteiger partial charge in [-0.3, -0.25) is 9.78 Å². The zero-order valence-corrected chi connectivity index (χ0v) is 14.0. The summed E-state index contributed by atoms with van der Waals surface area (Å²) in [5, 5.41) is 1.01. The van der Waals surface area contributed by atoms with E-state index in [1.54, 1.807) is 12.3 Å². The van der Waals surface area contributed by atoms with Crippen LogP contribution in [0.3, 0.4) is 0 Å². The van der Waals surface area contributed by atoms with Crippen molar-refractivity contribution < 1.29 is 14.0 Å². The number of urea groups is 1. The molecule has 0 saturated heterocycles. The zero-order chi connectivity index (χ0) is 17.7. The number of aliphatic imine (C=N–C) groups is 1. The van der Waals surface area contributed by atoms with Gasteiger partial charge in [0.25, 0.3) is 5.91 Å². The summed E-state index contributed by atoms with van der Waals surface area (Å²) in [6, 6.07) is 6.84. The summed E-state index contributed by atoms with van der Waals surface area (Å²) in [6.07, 6.45) is 7.87. The fraction of sp³-hybridized carbons (Fsp3) is 0.0556. The van der Waals surface area contributed by atoms with Crippen LogP contribution >= 0.6 is 11.8 Å². The van der Waals surface area contributed by atoms with Gasteiger partial charge in [0.15, 0.2) is 0 Å². The molecule has 0 aliphatic carbocycles. The third kappa shape index (κ3) is 2.19. The summed E-state index contributed by atoms with van der Waals surface area (Å²) in [5.74, 6) is 0.0617. The molecule has 126 valence electrons. The molecule has 4 heterocycles. The molecule has 0 N–H and O–H groups in total. The summed E-state index contributed by atoms with van der Waals surface area (Å²) in [6.45, 7) is 0. The lowest BCUT2D eigenvalue weighted by Crippen LogP contribution is -2.47. The second kappa shape index (κ2) is 5.63. The van der Waals surface area contributed by atoms with Crippen LogP contribution in [0.4, 0.5) is 10.5 Å². The van der Waals surface area contributed by atoms with Gasteiger partial charge >= 0.3 is 6.03 Å². The lowest BCUT2D eigenvalue weighted by atomic mass is 10.1. The molecule has 0 fully saturated rings. The second-order valence-electron chi connectivity index (χ2n) is 5.72. The van der Waals surface area contributed by atoms with Crippen molar-refractivity contribution in [2.24, 2.45) is 4.99 Å². The van der Waals surface area contributed by atoms with Crippen molar-refractivity contribution in [2.45, 2.75) is 5.25 Å². The molecule has 1 aromatic carbocycles. The van der Waals surface area contributed by atoms with Crippen LogP contribution in [0.1, 0.15) is 5.89 Å². The zero-order valence-electron chi connectivity index (χ0n) is 13.2. The van der Waals surface area contributed by atoms with Gasteiger partial charge in [0, 0.05) is 17.0 Å². The van der Waals surface area contributed by atoms with E-state index in [1.807, 2.05) is 24.3 Å². The number of pyridine rings is 1. The number of hydrogen-bond acceptors (Lipinski definition) is 6. The highest BCUT2D eigenvalue weighted by Gasteiger charge is 2.43. The Balaban J connectivity index is 1.57. The van der Waals surface area contributed by atoms with Gasteiger partial charge in [-0.05, 0) is 6.08 Å². The molecule has 3 amide bonds. The fourth-order valence-electron chi connectivity index (χ4n) is 3.03. The molecule has 7 nitrogen and oxygen atoms in total. The second-order valence-corrected chi connectivity index (χ2v) is 6.86. The number of rotatable bonds is 2. The van der Waals surface area contributed by atoms with E-state index in [2.05, 4.69) is 15.0 Å². The lowest BCUT2D eigenvalue weighted by Gasteiger charge is -2.26. The first kappa shape index (κ1) is 15.0. The minimum atomic E-state index is -0.620. The van der Waals surface area contributed by atoms with Crippen LogP contribution in [0.25, 0.3) is 15.7 Å². The summed E-state index contributed by atoms with van der Waals surface area (Å²) >= 11 is 1.28. The first-order valence-electron chi connectivity index (χ1n) is 7.80. The lowest BCUT2D eigenvalue weighted by molar-refractivity contribution is -0.116. The molecule has 2 aliphatic rings. The van der Waals surface area contributed by atoms with E-state index < -0.39 is 11.3 Å². The topological polar surface area (TPSA) is 88.7 Å². The van der Waals surface area contributed by atoms with Crippen LogP contribution in [0, 0.1) is 0 Å². The first-order valence-corrected chi connectivity index (χ1v) is 8.68. The molecule has 0 radical (unpaired) electrons. The molecule has 0 spiro atoms. The number of aromatic nitrogens is 2. The minimum absolute atomic E-state index is 0.346. The molecule has 0 saturated carbocycles. The minimum Gasteiger partial charge on any atom is -0.444 e. The number of anilines is 1. The predicted molar refractivity (Wildman–Crippen MR) is 97.9 cm³/mol. The van der Waals surface area contributed by atoms with E-state index in [0.717, 1.165) is 15.7 Å². The molecule has 2 aromatic heterocycles. The number of thioether (sulfide) groups is 1. The van der Waals surface area contributed by atoms with Gasteiger partial charge < -0.3 is 4.42 Å². The summed E-state index contributed by atoms with van der Waals surface area (Å²) in [5.41, 5.74) is 0.855. The number of benzene rings is 1. The third-order valence-electron chi connectivity index (χ3n) is 4.18. The van der Waals surface area contributed by atoms with Crippen molar-refractivity contribution in [1.29, 1.82) is 0 Å². The Morgan fingerprint density at radius 1 is 1.15 bits per heavy atom. The largest absolute Gasteiger partial charge is 0.444 e. The van der Waals surface area contributed by atoms with Gasteiger partial charge in [-0.25, -0.2) is 14.7 Å². The van der Waals surface area contributed by atoms with Crippen molar-refractivity contribution in [3.8, 4) is 0 Å². The van der Waals surface area contributed by atoms with Gasteiger partial charge in [0.1, 0.15) is 11.5 Å². The Kier molecular flexibility index (Phi) is 3.26. The van der Waals surface area contributed by atoms with Crippen molar-refractivity contribution in [1.82, 2.24) is 9.97 Å². The van der Waals surface area contributed by atoms with E-state index in [0.29, 0.717) is 22.2 Å².